The van der Waals surface area contributed by atoms with Crippen LogP contribution in [0, 0.1) is 0 Å². The van der Waals surface area contributed by atoms with Crippen molar-refractivity contribution in [1.29, 1.82) is 0 Å². The van der Waals surface area contributed by atoms with E-state index < -0.39 is 0 Å². The van der Waals surface area contributed by atoms with E-state index in [2.05, 4.69) is 19.9 Å². The Hall–Kier alpha value is -1.90. The zero-order valence-electron chi connectivity index (χ0n) is 11.0. The lowest BCUT2D eigenvalue weighted by molar-refractivity contribution is 1.03. The van der Waals surface area contributed by atoms with Crippen molar-refractivity contribution >= 4 is 50.8 Å². The summed E-state index contributed by atoms with van der Waals surface area (Å²) in [4.78, 5) is 28.8. The molecule has 4 aromatic rings. The summed E-state index contributed by atoms with van der Waals surface area (Å²) in [6.45, 7) is 0. The first-order valence-corrected chi connectivity index (χ1v) is 8.53. The first kappa shape index (κ1) is 13.7. The zero-order valence-corrected chi connectivity index (χ0v) is 13.4. The van der Waals surface area contributed by atoms with Gasteiger partial charge in [-0.25, -0.2) is 15.0 Å². The minimum Gasteiger partial charge on any atom is -0.331 e. The van der Waals surface area contributed by atoms with Crippen LogP contribution in [0.4, 0.5) is 0 Å². The van der Waals surface area contributed by atoms with Gasteiger partial charge in [0.2, 0.25) is 0 Å². The summed E-state index contributed by atoms with van der Waals surface area (Å²) in [5.74, 6) is 0.553. The molecule has 0 aliphatic heterocycles. The van der Waals surface area contributed by atoms with E-state index in [9.17, 15) is 4.79 Å². The summed E-state index contributed by atoms with van der Waals surface area (Å²) in [5.41, 5.74) is 2.06. The van der Waals surface area contributed by atoms with Gasteiger partial charge >= 0.3 is 0 Å². The fourth-order valence-corrected chi connectivity index (χ4v) is 3.69. The highest BCUT2D eigenvalue weighted by atomic mass is 35.5. The quantitative estimate of drug-likeness (QED) is 0.575. The number of halogens is 1. The molecule has 0 atom stereocenters. The molecular formula is C13H8ClN5OS2. The number of imidazole rings is 1. The molecule has 0 aliphatic carbocycles. The molecule has 0 unspecified atom stereocenters. The third-order valence-electron chi connectivity index (χ3n) is 3.00. The molecule has 22 heavy (non-hydrogen) atoms. The van der Waals surface area contributed by atoms with Crippen LogP contribution < -0.4 is 5.56 Å². The Labute approximate surface area is 137 Å². The van der Waals surface area contributed by atoms with E-state index in [1.165, 1.54) is 27.5 Å². The fourth-order valence-electron chi connectivity index (χ4n) is 2.02. The van der Waals surface area contributed by atoms with Gasteiger partial charge in [0.1, 0.15) is 0 Å². The molecule has 1 N–H and O–H groups in total. The Kier molecular flexibility index (Phi) is 3.36. The number of nitrogens with one attached hydrogen (secondary N) is 1. The maximum Gasteiger partial charge on any atom is 0.258 e. The van der Waals surface area contributed by atoms with Gasteiger partial charge in [-0.1, -0.05) is 23.4 Å². The van der Waals surface area contributed by atoms with Crippen molar-refractivity contribution in [3.63, 3.8) is 0 Å². The lowest BCUT2D eigenvalue weighted by Gasteiger charge is -1.99. The normalized spacial score (nSPS) is 11.5. The second-order valence-corrected chi connectivity index (χ2v) is 6.77. The summed E-state index contributed by atoms with van der Waals surface area (Å²) in [5, 5.41) is 3.12. The van der Waals surface area contributed by atoms with Gasteiger partial charge in [0.25, 0.3) is 5.56 Å². The molecule has 4 rings (SSSR count). The Morgan fingerprint density at radius 1 is 1.36 bits per heavy atom. The van der Waals surface area contributed by atoms with Crippen LogP contribution in [0.1, 0.15) is 5.69 Å². The fraction of sp³-hybridized carbons (Fsp3) is 0.0769. The van der Waals surface area contributed by atoms with Crippen LogP contribution in [0.3, 0.4) is 0 Å². The summed E-state index contributed by atoms with van der Waals surface area (Å²) >= 11 is 8.81. The van der Waals surface area contributed by atoms with E-state index in [0.29, 0.717) is 21.4 Å². The number of H-pyrrole nitrogens is 1. The number of aromatic nitrogens is 5. The average molecular weight is 350 g/mol. The van der Waals surface area contributed by atoms with E-state index in [4.69, 9.17) is 11.6 Å². The molecule has 0 aliphatic rings. The summed E-state index contributed by atoms with van der Waals surface area (Å²) < 4.78 is 1.53. The van der Waals surface area contributed by atoms with Gasteiger partial charge < -0.3 is 4.98 Å². The Morgan fingerprint density at radius 3 is 3.18 bits per heavy atom. The van der Waals surface area contributed by atoms with Crippen LogP contribution >= 0.6 is 34.7 Å². The first-order valence-electron chi connectivity index (χ1n) is 6.29. The number of thioether (sulfide) groups is 1. The molecule has 0 saturated heterocycles. The maximum absolute atomic E-state index is 11.9. The third kappa shape index (κ3) is 2.49. The molecule has 0 amide bonds. The number of fused-ring (bicyclic) bond motifs is 2. The number of thiazole rings is 1. The highest BCUT2D eigenvalue weighted by Gasteiger charge is 2.08. The molecule has 4 heterocycles. The van der Waals surface area contributed by atoms with Crippen molar-refractivity contribution in [3.05, 3.63) is 51.0 Å². The minimum atomic E-state index is -0.0695. The van der Waals surface area contributed by atoms with Crippen molar-refractivity contribution < 1.29 is 0 Å². The number of hydrogen-bond donors (Lipinski definition) is 1. The lowest BCUT2D eigenvalue weighted by atomic mass is 10.4. The highest BCUT2D eigenvalue weighted by molar-refractivity contribution is 7.98. The van der Waals surface area contributed by atoms with Gasteiger partial charge in [-0.3, -0.25) is 9.20 Å². The van der Waals surface area contributed by atoms with E-state index in [0.717, 1.165) is 16.4 Å². The number of hydrogen-bond acceptors (Lipinski definition) is 6. The Bertz CT molecular complexity index is 1040. The summed E-state index contributed by atoms with van der Waals surface area (Å²) in [7, 11) is 0. The van der Waals surface area contributed by atoms with Gasteiger partial charge in [0.15, 0.2) is 15.8 Å². The molecule has 0 radical (unpaired) electrons. The van der Waals surface area contributed by atoms with Crippen LogP contribution in [0.5, 0.6) is 0 Å². The lowest BCUT2D eigenvalue weighted by Crippen LogP contribution is -2.12. The maximum atomic E-state index is 11.9. The molecule has 110 valence electrons. The van der Waals surface area contributed by atoms with Crippen LogP contribution in [0.15, 0.2) is 39.9 Å². The third-order valence-corrected chi connectivity index (χ3v) is 4.87. The monoisotopic (exact) mass is 349 g/mol. The van der Waals surface area contributed by atoms with Gasteiger partial charge in [0.05, 0.1) is 16.2 Å². The molecule has 6 nitrogen and oxygen atoms in total. The highest BCUT2D eigenvalue weighted by Crippen LogP contribution is 2.23. The van der Waals surface area contributed by atoms with E-state index in [1.807, 2.05) is 5.38 Å². The van der Waals surface area contributed by atoms with E-state index in [-0.39, 0.29) is 5.56 Å². The van der Waals surface area contributed by atoms with E-state index in [1.54, 1.807) is 24.5 Å². The first-order chi connectivity index (χ1) is 10.7. The molecule has 4 aromatic heterocycles. The van der Waals surface area contributed by atoms with Crippen molar-refractivity contribution in [3.8, 4) is 0 Å². The molecule has 0 bridgehead atoms. The zero-order chi connectivity index (χ0) is 15.1. The summed E-state index contributed by atoms with van der Waals surface area (Å²) in [6, 6.07) is 3.33. The van der Waals surface area contributed by atoms with Gasteiger partial charge in [-0.15, -0.1) is 11.3 Å². The summed E-state index contributed by atoms with van der Waals surface area (Å²) in [6.07, 6.45) is 3.29. The van der Waals surface area contributed by atoms with Crippen LogP contribution in [0.2, 0.25) is 5.02 Å². The van der Waals surface area contributed by atoms with Crippen molar-refractivity contribution in [2.24, 2.45) is 0 Å². The van der Waals surface area contributed by atoms with Crippen molar-refractivity contribution in [1.82, 2.24) is 24.3 Å². The number of rotatable bonds is 3. The van der Waals surface area contributed by atoms with Gasteiger partial charge in [-0.05, 0) is 6.07 Å². The molecule has 9 heteroatoms. The minimum absolute atomic E-state index is 0.0695. The van der Waals surface area contributed by atoms with Crippen LogP contribution in [-0.2, 0) is 5.75 Å². The topological polar surface area (TPSA) is 75.9 Å². The SMILES string of the molecule is O=c1cc(CSc2nc3ncc(Cl)cc3[nH]2)nc2sccn12. The second kappa shape index (κ2) is 5.38. The molecule has 0 saturated carbocycles. The van der Waals surface area contributed by atoms with E-state index >= 15 is 0 Å². The van der Waals surface area contributed by atoms with Crippen molar-refractivity contribution in [2.75, 3.05) is 0 Å². The number of aromatic amines is 1. The average Bonchev–Trinajstić information content (AvgIpc) is 3.10. The number of pyridine rings is 1. The van der Waals surface area contributed by atoms with Crippen LogP contribution in [-0.4, -0.2) is 24.3 Å². The Morgan fingerprint density at radius 2 is 2.27 bits per heavy atom. The predicted octanol–water partition coefficient (Wildman–Crippen LogP) is 2.97. The second-order valence-electron chi connectivity index (χ2n) is 4.50. The molecule has 0 aromatic carbocycles. The predicted molar refractivity (Wildman–Crippen MR) is 87.8 cm³/mol. The largest absolute Gasteiger partial charge is 0.331 e. The smallest absolute Gasteiger partial charge is 0.258 e. The standard InChI is InChI=1S/C13H8ClN5OS2/c14-7-3-9-11(15-5-7)18-12(17-9)22-6-8-4-10(20)19-1-2-21-13(19)16-8/h1-5H,6H2,(H,15,17,18). The molecular weight excluding hydrogens is 342 g/mol. The molecule has 0 fully saturated rings. The Balaban J connectivity index is 1.60. The number of nitrogens with zero attached hydrogens (tertiary/aromatic N) is 4. The van der Waals surface area contributed by atoms with Crippen LogP contribution in [0.25, 0.3) is 16.1 Å². The molecule has 0 spiro atoms. The van der Waals surface area contributed by atoms with Gasteiger partial charge in [0, 0.05) is 29.6 Å². The van der Waals surface area contributed by atoms with Gasteiger partial charge in [-0.2, -0.15) is 0 Å². The van der Waals surface area contributed by atoms with Crippen molar-refractivity contribution in [2.45, 2.75) is 10.9 Å².